The van der Waals surface area contributed by atoms with Crippen LogP contribution in [0, 0.1) is 17.1 Å². The van der Waals surface area contributed by atoms with Crippen LogP contribution in [-0.2, 0) is 12.7 Å². The number of aromatic nitrogens is 1. The largest absolute Gasteiger partial charge is 0.417 e. The topological polar surface area (TPSA) is 45.8 Å². The molecule has 108 valence electrons. The Kier molecular flexibility index (Phi) is 3.80. The number of nitrogens with zero attached hydrogens (tertiary/aromatic N) is 2. The Bertz CT molecular complexity index is 772. The van der Waals surface area contributed by atoms with Crippen LogP contribution in [0.25, 0.3) is 0 Å². The molecule has 0 unspecified atom stereocenters. The van der Waals surface area contributed by atoms with Crippen LogP contribution in [0.15, 0.2) is 41.3 Å². The molecule has 0 spiro atoms. The van der Waals surface area contributed by atoms with Crippen LogP contribution in [0.4, 0.5) is 17.6 Å². The second kappa shape index (κ2) is 5.40. The van der Waals surface area contributed by atoms with Crippen molar-refractivity contribution in [3.05, 3.63) is 69.4 Å². The first-order valence-electron chi connectivity index (χ1n) is 5.77. The molecule has 1 aromatic heterocycles. The zero-order chi connectivity index (χ0) is 15.6. The smallest absolute Gasteiger partial charge is 0.311 e. The van der Waals surface area contributed by atoms with Crippen molar-refractivity contribution in [3.8, 4) is 6.07 Å². The Labute approximate surface area is 116 Å². The summed E-state index contributed by atoms with van der Waals surface area (Å²) >= 11 is 0. The average molecular weight is 296 g/mol. The Balaban J connectivity index is 2.40. The van der Waals surface area contributed by atoms with Crippen molar-refractivity contribution in [2.75, 3.05) is 0 Å². The zero-order valence-electron chi connectivity index (χ0n) is 10.5. The van der Waals surface area contributed by atoms with Gasteiger partial charge in [0.2, 0.25) is 0 Å². The first-order chi connectivity index (χ1) is 9.81. The summed E-state index contributed by atoms with van der Waals surface area (Å²) < 4.78 is 51.8. The Hall–Kier alpha value is -2.62. The van der Waals surface area contributed by atoms with Crippen LogP contribution in [0.2, 0.25) is 0 Å². The highest BCUT2D eigenvalue weighted by molar-refractivity contribution is 5.34. The van der Waals surface area contributed by atoms with E-state index in [4.69, 9.17) is 5.26 Å². The molecule has 0 amide bonds. The third-order valence-corrected chi connectivity index (χ3v) is 2.81. The summed E-state index contributed by atoms with van der Waals surface area (Å²) in [5.41, 5.74) is -1.45. The fourth-order valence-electron chi connectivity index (χ4n) is 1.78. The molecule has 0 fully saturated rings. The molecule has 21 heavy (non-hydrogen) atoms. The summed E-state index contributed by atoms with van der Waals surface area (Å²) in [5.74, 6) is -0.724. The lowest BCUT2D eigenvalue weighted by atomic mass is 10.1. The number of rotatable bonds is 2. The predicted molar refractivity (Wildman–Crippen MR) is 65.9 cm³/mol. The molecule has 0 atom stereocenters. The number of hydrogen-bond donors (Lipinski definition) is 0. The second-order valence-electron chi connectivity index (χ2n) is 4.31. The van der Waals surface area contributed by atoms with Gasteiger partial charge in [0.15, 0.2) is 0 Å². The number of benzene rings is 1. The van der Waals surface area contributed by atoms with E-state index in [1.807, 2.05) is 0 Å². The lowest BCUT2D eigenvalue weighted by Gasteiger charge is -2.11. The molecule has 2 aromatic rings. The van der Waals surface area contributed by atoms with Crippen molar-refractivity contribution >= 4 is 0 Å². The highest BCUT2D eigenvalue weighted by Crippen LogP contribution is 2.28. The first-order valence-corrected chi connectivity index (χ1v) is 5.77. The van der Waals surface area contributed by atoms with Crippen molar-refractivity contribution in [1.29, 1.82) is 5.26 Å². The van der Waals surface area contributed by atoms with Crippen LogP contribution in [-0.4, -0.2) is 4.57 Å². The van der Waals surface area contributed by atoms with Gasteiger partial charge in [0.05, 0.1) is 17.7 Å². The van der Waals surface area contributed by atoms with Gasteiger partial charge in [-0.05, 0) is 23.8 Å². The number of halogens is 4. The molecule has 0 aliphatic rings. The van der Waals surface area contributed by atoms with Gasteiger partial charge >= 0.3 is 6.18 Å². The maximum Gasteiger partial charge on any atom is 0.417 e. The normalized spacial score (nSPS) is 11.2. The second-order valence-corrected chi connectivity index (χ2v) is 4.31. The van der Waals surface area contributed by atoms with Gasteiger partial charge in [0.25, 0.3) is 5.56 Å². The van der Waals surface area contributed by atoms with E-state index in [-0.39, 0.29) is 12.1 Å². The van der Waals surface area contributed by atoms with Crippen LogP contribution in [0.1, 0.15) is 16.7 Å². The molecule has 0 radical (unpaired) electrons. The van der Waals surface area contributed by atoms with E-state index in [1.54, 1.807) is 6.07 Å². The molecule has 0 N–H and O–H groups in total. The summed E-state index contributed by atoms with van der Waals surface area (Å²) in [5, 5.41) is 8.71. The van der Waals surface area contributed by atoms with Gasteiger partial charge < -0.3 is 4.57 Å². The van der Waals surface area contributed by atoms with Gasteiger partial charge in [0.1, 0.15) is 11.9 Å². The highest BCUT2D eigenvalue weighted by Gasteiger charge is 2.31. The molecule has 0 saturated carbocycles. The van der Waals surface area contributed by atoms with Gasteiger partial charge in [0, 0.05) is 12.3 Å². The Morgan fingerprint density at radius 2 is 1.90 bits per heavy atom. The summed E-state index contributed by atoms with van der Waals surface area (Å²) in [4.78, 5) is 11.6. The van der Waals surface area contributed by atoms with Crippen molar-refractivity contribution in [1.82, 2.24) is 4.57 Å². The Morgan fingerprint density at radius 1 is 1.19 bits per heavy atom. The van der Waals surface area contributed by atoms with Crippen LogP contribution in [0.3, 0.4) is 0 Å². The molecular weight excluding hydrogens is 288 g/mol. The Morgan fingerprint density at radius 3 is 2.52 bits per heavy atom. The molecule has 0 saturated heterocycles. The maximum absolute atomic E-state index is 13.2. The summed E-state index contributed by atoms with van der Waals surface area (Å²) in [7, 11) is 0. The quantitative estimate of drug-likeness (QED) is 0.800. The monoisotopic (exact) mass is 296 g/mol. The number of nitriles is 1. The molecule has 1 aromatic carbocycles. The first kappa shape index (κ1) is 14.8. The van der Waals surface area contributed by atoms with E-state index in [0.717, 1.165) is 16.7 Å². The average Bonchev–Trinajstić information content (AvgIpc) is 2.42. The third-order valence-electron chi connectivity index (χ3n) is 2.81. The van der Waals surface area contributed by atoms with Crippen LogP contribution in [0.5, 0.6) is 0 Å². The molecule has 0 aliphatic heterocycles. The van der Waals surface area contributed by atoms with Gasteiger partial charge in [-0.1, -0.05) is 6.07 Å². The van der Waals surface area contributed by atoms with Gasteiger partial charge in [-0.3, -0.25) is 4.79 Å². The SMILES string of the molecule is N#Cc1cc(Cn2cc(C(F)(F)F)ccc2=O)ccc1F. The van der Waals surface area contributed by atoms with Gasteiger partial charge in [-0.15, -0.1) is 0 Å². The molecule has 2 rings (SSSR count). The van der Waals surface area contributed by atoms with E-state index >= 15 is 0 Å². The van der Waals surface area contributed by atoms with E-state index in [2.05, 4.69) is 0 Å². The standard InChI is InChI=1S/C14H8F4N2O/c15-12-3-1-9(5-10(12)6-19)7-20-8-11(14(16,17)18)2-4-13(20)21/h1-5,8H,7H2. The minimum absolute atomic E-state index is 0.183. The van der Waals surface area contributed by atoms with Crippen molar-refractivity contribution in [2.45, 2.75) is 12.7 Å². The molecule has 3 nitrogen and oxygen atoms in total. The van der Waals surface area contributed by atoms with E-state index in [0.29, 0.717) is 17.8 Å². The van der Waals surface area contributed by atoms with E-state index in [1.165, 1.54) is 12.1 Å². The molecule has 1 heterocycles. The summed E-state index contributed by atoms with van der Waals surface area (Å²) in [6, 6.07) is 6.68. The molecule has 0 aliphatic carbocycles. The molecule has 0 bridgehead atoms. The number of hydrogen-bond acceptors (Lipinski definition) is 2. The van der Waals surface area contributed by atoms with Crippen molar-refractivity contribution in [3.63, 3.8) is 0 Å². The molecular formula is C14H8F4N2O. The van der Waals surface area contributed by atoms with E-state index in [9.17, 15) is 22.4 Å². The minimum atomic E-state index is -4.56. The summed E-state index contributed by atoms with van der Waals surface area (Å²) in [6.45, 7) is -0.183. The fraction of sp³-hybridized carbons (Fsp3) is 0.143. The van der Waals surface area contributed by atoms with Gasteiger partial charge in [-0.25, -0.2) is 4.39 Å². The van der Waals surface area contributed by atoms with Crippen molar-refractivity contribution < 1.29 is 17.6 Å². The third kappa shape index (κ3) is 3.28. The fourth-order valence-corrected chi connectivity index (χ4v) is 1.78. The van der Waals surface area contributed by atoms with Gasteiger partial charge in [-0.2, -0.15) is 18.4 Å². The number of pyridine rings is 1. The van der Waals surface area contributed by atoms with Crippen LogP contribution >= 0.6 is 0 Å². The van der Waals surface area contributed by atoms with Crippen molar-refractivity contribution in [2.24, 2.45) is 0 Å². The minimum Gasteiger partial charge on any atom is -0.311 e. The highest BCUT2D eigenvalue weighted by atomic mass is 19.4. The maximum atomic E-state index is 13.2. The van der Waals surface area contributed by atoms with Crippen LogP contribution < -0.4 is 5.56 Å². The van der Waals surface area contributed by atoms with E-state index < -0.39 is 23.1 Å². The summed E-state index contributed by atoms with van der Waals surface area (Å²) in [6.07, 6.45) is -3.87. The number of alkyl halides is 3. The zero-order valence-corrected chi connectivity index (χ0v) is 10.5. The lowest BCUT2D eigenvalue weighted by molar-refractivity contribution is -0.138. The lowest BCUT2D eigenvalue weighted by Crippen LogP contribution is -2.22. The predicted octanol–water partition coefficient (Wildman–Crippen LogP) is 2.93. The molecule has 7 heteroatoms.